The molecule has 0 unspecified atom stereocenters. The molecule has 2 aromatic rings. The Labute approximate surface area is 176 Å². The molecule has 0 saturated heterocycles. The second-order valence-electron chi connectivity index (χ2n) is 5.15. The van der Waals surface area contributed by atoms with E-state index in [4.69, 9.17) is 15.2 Å². The summed E-state index contributed by atoms with van der Waals surface area (Å²) >= 11 is 0. The average Bonchev–Trinajstić information content (AvgIpc) is 2.64. The van der Waals surface area contributed by atoms with Crippen molar-refractivity contribution in [3.8, 4) is 11.5 Å². The molecule has 0 aliphatic rings. The molecule has 0 bridgehead atoms. The average molecular weight is 512 g/mol. The van der Waals surface area contributed by atoms with Crippen molar-refractivity contribution in [2.24, 2.45) is 10.7 Å². The number of nitrogens with one attached hydrogen (secondary N) is 2. The summed E-state index contributed by atoms with van der Waals surface area (Å²) in [7, 11) is 3.04. The van der Waals surface area contributed by atoms with Gasteiger partial charge in [-0.05, 0) is 18.2 Å². The predicted molar refractivity (Wildman–Crippen MR) is 111 cm³/mol. The van der Waals surface area contributed by atoms with Crippen molar-refractivity contribution in [1.82, 2.24) is 9.97 Å². The van der Waals surface area contributed by atoms with Crippen LogP contribution in [0.3, 0.4) is 0 Å². The van der Waals surface area contributed by atoms with Gasteiger partial charge in [-0.2, -0.15) is 13.2 Å². The van der Waals surface area contributed by atoms with Gasteiger partial charge in [-0.15, -0.1) is 24.0 Å². The number of methoxy groups -OCH3 is 2. The number of nitrogens with zero attached hydrogens (tertiary/aromatic N) is 3. The summed E-state index contributed by atoms with van der Waals surface area (Å²) in [4.78, 5) is 11.2. The summed E-state index contributed by atoms with van der Waals surface area (Å²) in [5, 5.41) is 5.54. The molecule has 1 aromatic carbocycles. The highest BCUT2D eigenvalue weighted by molar-refractivity contribution is 14.0. The second kappa shape index (κ2) is 10.7. The van der Waals surface area contributed by atoms with Crippen molar-refractivity contribution in [2.75, 3.05) is 37.9 Å². The maximum atomic E-state index is 12.6. The number of ether oxygens (including phenoxy) is 2. The van der Waals surface area contributed by atoms with Gasteiger partial charge in [0.1, 0.15) is 5.69 Å². The van der Waals surface area contributed by atoms with E-state index in [1.165, 1.54) is 14.2 Å². The van der Waals surface area contributed by atoms with E-state index in [0.29, 0.717) is 17.2 Å². The van der Waals surface area contributed by atoms with E-state index in [1.54, 1.807) is 18.2 Å². The molecule has 8 nitrogen and oxygen atoms in total. The molecule has 2 rings (SSSR count). The Kier molecular flexibility index (Phi) is 9.02. The van der Waals surface area contributed by atoms with E-state index in [9.17, 15) is 13.2 Å². The van der Waals surface area contributed by atoms with Crippen LogP contribution in [-0.4, -0.2) is 43.2 Å². The van der Waals surface area contributed by atoms with E-state index in [1.807, 2.05) is 0 Å². The molecule has 0 saturated carbocycles. The van der Waals surface area contributed by atoms with Gasteiger partial charge >= 0.3 is 6.18 Å². The molecule has 12 heteroatoms. The SMILES string of the molecule is COc1ccc(NC(N)=NCCNc2nccc(C(F)(F)F)n2)cc1OC.I. The fourth-order valence-electron chi connectivity index (χ4n) is 2.05. The minimum atomic E-state index is -4.52. The van der Waals surface area contributed by atoms with Gasteiger partial charge in [-0.3, -0.25) is 4.99 Å². The predicted octanol–water partition coefficient (Wildman–Crippen LogP) is 2.97. The van der Waals surface area contributed by atoms with Crippen molar-refractivity contribution in [1.29, 1.82) is 0 Å². The first-order chi connectivity index (χ1) is 12.8. The lowest BCUT2D eigenvalue weighted by Crippen LogP contribution is -2.24. The van der Waals surface area contributed by atoms with Crippen LogP contribution in [0.2, 0.25) is 0 Å². The summed E-state index contributed by atoms with van der Waals surface area (Å²) < 4.78 is 48.1. The lowest BCUT2D eigenvalue weighted by molar-refractivity contribution is -0.141. The van der Waals surface area contributed by atoms with Crippen molar-refractivity contribution in [2.45, 2.75) is 6.18 Å². The van der Waals surface area contributed by atoms with Crippen molar-refractivity contribution in [3.05, 3.63) is 36.2 Å². The second-order valence-corrected chi connectivity index (χ2v) is 5.15. The molecule has 4 N–H and O–H groups in total. The van der Waals surface area contributed by atoms with E-state index in [2.05, 4.69) is 25.6 Å². The summed E-state index contributed by atoms with van der Waals surface area (Å²) in [6.07, 6.45) is -3.49. The summed E-state index contributed by atoms with van der Waals surface area (Å²) in [5.41, 5.74) is 5.41. The number of hydrogen-bond donors (Lipinski definition) is 3. The van der Waals surface area contributed by atoms with Gasteiger partial charge in [0, 0.05) is 24.5 Å². The molecule has 0 atom stereocenters. The summed E-state index contributed by atoms with van der Waals surface area (Å²) in [6, 6.07) is 5.93. The first-order valence-electron chi connectivity index (χ1n) is 7.76. The van der Waals surface area contributed by atoms with Crippen LogP contribution in [-0.2, 0) is 6.18 Å². The van der Waals surface area contributed by atoms with Crippen LogP contribution in [0, 0.1) is 0 Å². The summed E-state index contributed by atoms with van der Waals surface area (Å²) in [6.45, 7) is 0.404. The number of anilines is 2. The number of rotatable bonds is 7. The quantitative estimate of drug-likeness (QED) is 0.227. The zero-order valence-electron chi connectivity index (χ0n) is 15.1. The largest absolute Gasteiger partial charge is 0.493 e. The normalized spacial score (nSPS) is 11.4. The van der Waals surface area contributed by atoms with Crippen molar-refractivity contribution >= 4 is 41.6 Å². The monoisotopic (exact) mass is 512 g/mol. The van der Waals surface area contributed by atoms with Gasteiger partial charge in [-0.1, -0.05) is 0 Å². The van der Waals surface area contributed by atoms with Crippen LogP contribution < -0.4 is 25.8 Å². The van der Waals surface area contributed by atoms with Gasteiger partial charge in [-0.25, -0.2) is 9.97 Å². The third kappa shape index (κ3) is 6.90. The number of hydrogen-bond acceptors (Lipinski definition) is 6. The number of guanidine groups is 1. The molecule has 0 amide bonds. The third-order valence-electron chi connectivity index (χ3n) is 3.28. The van der Waals surface area contributed by atoms with Crippen LogP contribution in [0.4, 0.5) is 24.8 Å². The van der Waals surface area contributed by atoms with Crippen molar-refractivity contribution < 1.29 is 22.6 Å². The van der Waals surface area contributed by atoms with E-state index >= 15 is 0 Å². The third-order valence-corrected chi connectivity index (χ3v) is 3.28. The van der Waals surface area contributed by atoms with Crippen LogP contribution in [0.5, 0.6) is 11.5 Å². The maximum absolute atomic E-state index is 12.6. The number of benzene rings is 1. The molecule has 0 fully saturated rings. The van der Waals surface area contributed by atoms with Crippen LogP contribution in [0.15, 0.2) is 35.5 Å². The topological polar surface area (TPSA) is 107 Å². The number of aliphatic imine (C=N–C) groups is 1. The lowest BCUT2D eigenvalue weighted by Gasteiger charge is -2.11. The van der Waals surface area contributed by atoms with Gasteiger partial charge in [0.2, 0.25) is 5.95 Å². The Bertz CT molecular complexity index is 804. The highest BCUT2D eigenvalue weighted by Gasteiger charge is 2.32. The Hall–Kier alpha value is -2.51. The number of alkyl halides is 3. The Morgan fingerprint density at radius 2 is 1.89 bits per heavy atom. The molecular formula is C16H20F3IN6O2. The fourth-order valence-corrected chi connectivity index (χ4v) is 2.05. The maximum Gasteiger partial charge on any atom is 0.433 e. The zero-order chi connectivity index (χ0) is 19.9. The van der Waals surface area contributed by atoms with Gasteiger partial charge in [0.15, 0.2) is 17.5 Å². The highest BCUT2D eigenvalue weighted by atomic mass is 127. The van der Waals surface area contributed by atoms with Gasteiger partial charge in [0.25, 0.3) is 0 Å². The molecule has 0 spiro atoms. The molecule has 1 aromatic heterocycles. The van der Waals surface area contributed by atoms with Crippen molar-refractivity contribution in [3.63, 3.8) is 0 Å². The van der Waals surface area contributed by atoms with E-state index < -0.39 is 11.9 Å². The number of nitrogens with two attached hydrogens (primary N) is 1. The summed E-state index contributed by atoms with van der Waals surface area (Å²) in [5.74, 6) is 1.10. The molecule has 0 aliphatic carbocycles. The van der Waals surface area contributed by atoms with E-state index in [0.717, 1.165) is 12.3 Å². The smallest absolute Gasteiger partial charge is 0.433 e. The molecule has 1 heterocycles. The minimum Gasteiger partial charge on any atom is -0.493 e. The molecule has 0 aliphatic heterocycles. The first kappa shape index (κ1) is 23.5. The van der Waals surface area contributed by atoms with Gasteiger partial charge < -0.3 is 25.8 Å². The fraction of sp³-hybridized carbons (Fsp3) is 0.312. The lowest BCUT2D eigenvalue weighted by atomic mass is 10.3. The number of aromatic nitrogens is 2. The number of halogens is 4. The van der Waals surface area contributed by atoms with E-state index in [-0.39, 0.29) is 49.0 Å². The standard InChI is InChI=1S/C16H19F3N6O2.HI/c1-26-11-4-3-10(9-12(11)27-2)24-14(20)21-7-8-23-15-22-6-5-13(25-15)16(17,18)19;/h3-6,9H,7-8H2,1-2H3,(H3,20,21,24)(H,22,23,25);1H. The zero-order valence-corrected chi connectivity index (χ0v) is 17.4. The molecular weight excluding hydrogens is 492 g/mol. The Morgan fingerprint density at radius 3 is 2.54 bits per heavy atom. The first-order valence-corrected chi connectivity index (χ1v) is 7.76. The van der Waals surface area contributed by atoms with Crippen LogP contribution >= 0.6 is 24.0 Å². The Balaban J connectivity index is 0.00000392. The van der Waals surface area contributed by atoms with Gasteiger partial charge in [0.05, 0.1) is 20.8 Å². The minimum absolute atomic E-state index is 0. The Morgan fingerprint density at radius 1 is 1.18 bits per heavy atom. The molecule has 0 radical (unpaired) electrons. The van der Waals surface area contributed by atoms with Crippen LogP contribution in [0.25, 0.3) is 0 Å². The molecule has 154 valence electrons. The highest BCUT2D eigenvalue weighted by Crippen LogP contribution is 2.29. The molecule has 28 heavy (non-hydrogen) atoms. The van der Waals surface area contributed by atoms with Crippen LogP contribution in [0.1, 0.15) is 5.69 Å².